The number of carbonyl (C=O) groups is 1. The molecule has 1 aliphatic carbocycles. The zero-order valence-corrected chi connectivity index (χ0v) is 16.3. The van der Waals surface area contributed by atoms with E-state index < -0.39 is 0 Å². The smallest absolute Gasteiger partial charge is 0.256 e. The van der Waals surface area contributed by atoms with Crippen LogP contribution in [0.1, 0.15) is 64.6 Å². The number of thiophene rings is 2. The number of hydrogen-bond acceptors (Lipinski definition) is 4. The number of aryl methyl sites for hydroxylation is 1. The van der Waals surface area contributed by atoms with Gasteiger partial charge in [-0.05, 0) is 60.1 Å². The second-order valence-corrected chi connectivity index (χ2v) is 10.1. The van der Waals surface area contributed by atoms with Crippen LogP contribution in [0.2, 0.25) is 0 Å². The van der Waals surface area contributed by atoms with Crippen molar-refractivity contribution < 1.29 is 4.79 Å². The van der Waals surface area contributed by atoms with E-state index in [0.717, 1.165) is 23.4 Å². The number of hydrogen-bond donors (Lipinski definition) is 2. The SMILES string of the molecule is Cc1ccsc1[C@@H]1NC(=O)c2c(sc3c2CC[C@H](C(C)(C)C)C3)N1. The normalized spacial score (nSPS) is 23.2. The van der Waals surface area contributed by atoms with Crippen LogP contribution >= 0.6 is 22.7 Å². The highest BCUT2D eigenvalue weighted by atomic mass is 32.1. The molecule has 0 bridgehead atoms. The van der Waals surface area contributed by atoms with Crippen molar-refractivity contribution in [1.82, 2.24) is 5.32 Å². The Morgan fingerprint density at radius 1 is 1.25 bits per heavy atom. The molecular formula is C19H24N2OS2. The lowest BCUT2D eigenvalue weighted by atomic mass is 9.72. The van der Waals surface area contributed by atoms with E-state index in [1.165, 1.54) is 27.3 Å². The van der Waals surface area contributed by atoms with Crippen molar-refractivity contribution >= 4 is 33.6 Å². The summed E-state index contributed by atoms with van der Waals surface area (Å²) in [6.45, 7) is 9.09. The third-order valence-corrected chi connectivity index (χ3v) is 7.70. The summed E-state index contributed by atoms with van der Waals surface area (Å²) < 4.78 is 0. The van der Waals surface area contributed by atoms with Gasteiger partial charge in [0.15, 0.2) is 0 Å². The van der Waals surface area contributed by atoms with Gasteiger partial charge in [0, 0.05) is 9.75 Å². The van der Waals surface area contributed by atoms with Crippen molar-refractivity contribution in [3.05, 3.63) is 37.9 Å². The van der Waals surface area contributed by atoms with Gasteiger partial charge >= 0.3 is 0 Å². The monoisotopic (exact) mass is 360 g/mol. The molecule has 2 aromatic heterocycles. The van der Waals surface area contributed by atoms with Gasteiger partial charge in [-0.15, -0.1) is 22.7 Å². The van der Waals surface area contributed by atoms with Crippen molar-refractivity contribution in [1.29, 1.82) is 0 Å². The van der Waals surface area contributed by atoms with E-state index in [1.54, 1.807) is 22.7 Å². The fourth-order valence-electron chi connectivity index (χ4n) is 3.85. The van der Waals surface area contributed by atoms with Gasteiger partial charge in [0.2, 0.25) is 0 Å². The minimum absolute atomic E-state index is 0.0910. The second kappa shape index (κ2) is 5.60. The Hall–Kier alpha value is -1.33. The summed E-state index contributed by atoms with van der Waals surface area (Å²) in [5.74, 6) is 0.789. The van der Waals surface area contributed by atoms with Gasteiger partial charge in [-0.3, -0.25) is 4.79 Å². The van der Waals surface area contributed by atoms with Crippen molar-refractivity contribution in [2.24, 2.45) is 11.3 Å². The van der Waals surface area contributed by atoms with Crippen molar-refractivity contribution in [3.63, 3.8) is 0 Å². The zero-order valence-electron chi connectivity index (χ0n) is 14.7. The molecule has 0 aromatic carbocycles. The van der Waals surface area contributed by atoms with Gasteiger partial charge in [-0.1, -0.05) is 20.8 Å². The minimum atomic E-state index is -0.0940. The predicted octanol–water partition coefficient (Wildman–Crippen LogP) is 5.12. The minimum Gasteiger partial charge on any atom is -0.352 e. The van der Waals surface area contributed by atoms with E-state index >= 15 is 0 Å². The van der Waals surface area contributed by atoms with Crippen LogP contribution in [0.5, 0.6) is 0 Å². The fourth-order valence-corrected chi connectivity index (χ4v) is 6.13. The molecule has 3 nitrogen and oxygen atoms in total. The molecule has 1 aliphatic heterocycles. The maximum absolute atomic E-state index is 12.8. The third-order valence-electron chi connectivity index (χ3n) is 5.43. The molecule has 5 heteroatoms. The summed E-state index contributed by atoms with van der Waals surface area (Å²) in [7, 11) is 0. The predicted molar refractivity (Wildman–Crippen MR) is 102 cm³/mol. The van der Waals surface area contributed by atoms with Gasteiger partial charge in [-0.25, -0.2) is 0 Å². The fraction of sp³-hybridized carbons (Fsp3) is 0.526. The van der Waals surface area contributed by atoms with Crippen LogP contribution < -0.4 is 10.6 Å². The van der Waals surface area contributed by atoms with Crippen LogP contribution in [-0.2, 0) is 12.8 Å². The summed E-state index contributed by atoms with van der Waals surface area (Å²) in [5, 5.41) is 9.89. The van der Waals surface area contributed by atoms with Gasteiger partial charge in [0.1, 0.15) is 11.2 Å². The average Bonchev–Trinajstić information content (AvgIpc) is 3.08. The van der Waals surface area contributed by atoms with Crippen LogP contribution in [0, 0.1) is 18.3 Å². The Labute approximate surface area is 151 Å². The topological polar surface area (TPSA) is 41.1 Å². The molecule has 0 radical (unpaired) electrons. The average molecular weight is 361 g/mol. The standard InChI is InChI=1S/C19H24N2OS2/c1-10-7-8-23-15(10)16-20-17(22)14-12-6-5-11(19(2,3)4)9-13(12)24-18(14)21-16/h7-8,11,16,21H,5-6,9H2,1-4H3,(H,20,22)/t11-,16+/m0/s1. The summed E-state index contributed by atoms with van der Waals surface area (Å²) in [6.07, 6.45) is 3.22. The molecular weight excluding hydrogens is 336 g/mol. The Morgan fingerprint density at radius 3 is 2.71 bits per heavy atom. The molecule has 0 fully saturated rings. The highest BCUT2D eigenvalue weighted by Gasteiger charge is 2.36. The first-order valence-corrected chi connectivity index (χ1v) is 10.3. The van der Waals surface area contributed by atoms with Gasteiger partial charge in [-0.2, -0.15) is 0 Å². The molecule has 2 aromatic rings. The number of carbonyl (C=O) groups excluding carboxylic acids is 1. The Kier molecular flexibility index (Phi) is 3.77. The number of amides is 1. The molecule has 3 heterocycles. The summed E-state index contributed by atoms with van der Waals surface area (Å²) >= 11 is 3.50. The Balaban J connectivity index is 1.67. The zero-order chi connectivity index (χ0) is 17.1. The van der Waals surface area contributed by atoms with Crippen molar-refractivity contribution in [3.8, 4) is 0 Å². The molecule has 128 valence electrons. The molecule has 4 rings (SSSR count). The van der Waals surface area contributed by atoms with E-state index in [4.69, 9.17) is 0 Å². The second-order valence-electron chi connectivity index (χ2n) is 8.03. The van der Waals surface area contributed by atoms with Crippen LogP contribution in [0.25, 0.3) is 0 Å². The lowest BCUT2D eigenvalue weighted by Crippen LogP contribution is -2.38. The third kappa shape index (κ3) is 2.58. The highest BCUT2D eigenvalue weighted by Crippen LogP contribution is 2.46. The number of anilines is 1. The summed E-state index contributed by atoms with van der Waals surface area (Å²) in [5.41, 5.74) is 3.76. The first-order valence-electron chi connectivity index (χ1n) is 8.60. The molecule has 2 N–H and O–H groups in total. The van der Waals surface area contributed by atoms with Crippen LogP contribution in [0.4, 0.5) is 5.00 Å². The van der Waals surface area contributed by atoms with Gasteiger partial charge < -0.3 is 10.6 Å². The molecule has 0 spiro atoms. The molecule has 24 heavy (non-hydrogen) atoms. The summed E-state index contributed by atoms with van der Waals surface area (Å²) in [6, 6.07) is 2.11. The Bertz CT molecular complexity index is 797. The molecule has 2 aliphatic rings. The van der Waals surface area contributed by atoms with Gasteiger partial charge in [0.25, 0.3) is 5.91 Å². The van der Waals surface area contributed by atoms with Crippen LogP contribution in [0.3, 0.4) is 0 Å². The Morgan fingerprint density at radius 2 is 2.04 bits per heavy atom. The summed E-state index contributed by atoms with van der Waals surface area (Å²) in [4.78, 5) is 15.4. The maximum atomic E-state index is 12.8. The van der Waals surface area contributed by atoms with Gasteiger partial charge in [0.05, 0.1) is 5.56 Å². The molecule has 0 saturated heterocycles. The van der Waals surface area contributed by atoms with Crippen LogP contribution in [0.15, 0.2) is 11.4 Å². The largest absolute Gasteiger partial charge is 0.352 e. The molecule has 1 amide bonds. The van der Waals surface area contributed by atoms with E-state index in [2.05, 4.69) is 49.8 Å². The van der Waals surface area contributed by atoms with E-state index in [1.807, 2.05) is 0 Å². The first-order chi connectivity index (χ1) is 11.3. The lowest BCUT2D eigenvalue weighted by molar-refractivity contribution is 0.0935. The molecule has 2 atom stereocenters. The van der Waals surface area contributed by atoms with E-state index in [9.17, 15) is 4.79 Å². The van der Waals surface area contributed by atoms with E-state index in [-0.39, 0.29) is 12.1 Å². The maximum Gasteiger partial charge on any atom is 0.256 e. The lowest BCUT2D eigenvalue weighted by Gasteiger charge is -2.34. The number of nitrogens with one attached hydrogen (secondary N) is 2. The number of rotatable bonds is 1. The number of fused-ring (bicyclic) bond motifs is 3. The van der Waals surface area contributed by atoms with Crippen molar-refractivity contribution in [2.45, 2.75) is 53.1 Å². The quantitative estimate of drug-likeness (QED) is 0.741. The molecule has 0 saturated carbocycles. The van der Waals surface area contributed by atoms with Crippen LogP contribution in [-0.4, -0.2) is 5.91 Å². The first kappa shape index (κ1) is 16.2. The van der Waals surface area contributed by atoms with E-state index in [0.29, 0.717) is 11.3 Å². The van der Waals surface area contributed by atoms with Crippen molar-refractivity contribution in [2.75, 3.05) is 5.32 Å². The highest BCUT2D eigenvalue weighted by molar-refractivity contribution is 7.16. The molecule has 0 unspecified atom stereocenters.